The standard InChI is InChI=1S/C18H23NO4S/c1-13-10-17(23-5)11-14(2)18(13)24(20,21)19(3)12-15-6-8-16(22-4)9-7-15/h6-11H,12H2,1-5H3. The zero-order valence-electron chi connectivity index (χ0n) is 14.7. The van der Waals surface area contributed by atoms with Gasteiger partial charge in [-0.25, -0.2) is 8.42 Å². The summed E-state index contributed by atoms with van der Waals surface area (Å²) in [5.74, 6) is 1.40. The fraction of sp³-hybridized carbons (Fsp3) is 0.333. The monoisotopic (exact) mass is 349 g/mol. The van der Waals surface area contributed by atoms with E-state index in [-0.39, 0.29) is 6.54 Å². The van der Waals surface area contributed by atoms with Crippen LogP contribution in [0.2, 0.25) is 0 Å². The van der Waals surface area contributed by atoms with Crippen molar-refractivity contribution in [3.8, 4) is 11.5 Å². The van der Waals surface area contributed by atoms with Gasteiger partial charge in [0.25, 0.3) is 0 Å². The van der Waals surface area contributed by atoms with Crippen LogP contribution in [0.25, 0.3) is 0 Å². The van der Waals surface area contributed by atoms with Gasteiger partial charge in [-0.05, 0) is 54.8 Å². The molecule has 130 valence electrons. The minimum Gasteiger partial charge on any atom is -0.497 e. The Morgan fingerprint density at radius 2 is 1.42 bits per heavy atom. The van der Waals surface area contributed by atoms with Gasteiger partial charge in [-0.2, -0.15) is 4.31 Å². The van der Waals surface area contributed by atoms with Crippen LogP contribution < -0.4 is 9.47 Å². The fourth-order valence-electron chi connectivity index (χ4n) is 2.66. The molecule has 24 heavy (non-hydrogen) atoms. The molecule has 2 rings (SSSR count). The highest BCUT2D eigenvalue weighted by Gasteiger charge is 2.25. The summed E-state index contributed by atoms with van der Waals surface area (Å²) in [4.78, 5) is 0.333. The molecule has 0 aromatic heterocycles. The van der Waals surface area contributed by atoms with Crippen molar-refractivity contribution in [2.24, 2.45) is 0 Å². The van der Waals surface area contributed by atoms with E-state index in [1.165, 1.54) is 4.31 Å². The Morgan fingerprint density at radius 3 is 1.88 bits per heavy atom. The van der Waals surface area contributed by atoms with Gasteiger partial charge >= 0.3 is 0 Å². The fourth-order valence-corrected chi connectivity index (χ4v) is 4.23. The van der Waals surface area contributed by atoms with Gasteiger partial charge in [0.2, 0.25) is 10.0 Å². The number of sulfonamides is 1. The Labute approximate surface area is 143 Å². The van der Waals surface area contributed by atoms with Gasteiger partial charge in [0.15, 0.2) is 0 Å². The quantitative estimate of drug-likeness (QED) is 0.804. The highest BCUT2D eigenvalue weighted by molar-refractivity contribution is 7.89. The van der Waals surface area contributed by atoms with Crippen LogP contribution in [0.1, 0.15) is 16.7 Å². The van der Waals surface area contributed by atoms with Crippen molar-refractivity contribution in [1.29, 1.82) is 0 Å². The molecule has 2 aromatic rings. The molecule has 5 nitrogen and oxygen atoms in total. The highest BCUT2D eigenvalue weighted by atomic mass is 32.2. The van der Waals surface area contributed by atoms with Gasteiger partial charge in [-0.3, -0.25) is 0 Å². The van der Waals surface area contributed by atoms with Crippen LogP contribution in [0.4, 0.5) is 0 Å². The van der Waals surface area contributed by atoms with E-state index in [2.05, 4.69) is 0 Å². The molecule has 0 atom stereocenters. The molecule has 0 bridgehead atoms. The molecule has 0 aliphatic heterocycles. The molecule has 0 radical (unpaired) electrons. The van der Waals surface area contributed by atoms with E-state index in [4.69, 9.17) is 9.47 Å². The van der Waals surface area contributed by atoms with Crippen LogP contribution in [0, 0.1) is 13.8 Å². The maximum atomic E-state index is 13.0. The number of ether oxygens (including phenoxy) is 2. The number of hydrogen-bond donors (Lipinski definition) is 0. The van der Waals surface area contributed by atoms with Crippen molar-refractivity contribution in [2.75, 3.05) is 21.3 Å². The average molecular weight is 349 g/mol. The SMILES string of the molecule is COc1ccc(CN(C)S(=O)(=O)c2c(C)cc(OC)cc2C)cc1. The lowest BCUT2D eigenvalue weighted by Crippen LogP contribution is -2.27. The largest absolute Gasteiger partial charge is 0.497 e. The van der Waals surface area contributed by atoms with Crippen LogP contribution in [-0.2, 0) is 16.6 Å². The second kappa shape index (κ2) is 7.23. The van der Waals surface area contributed by atoms with E-state index >= 15 is 0 Å². The van der Waals surface area contributed by atoms with Crippen molar-refractivity contribution in [3.63, 3.8) is 0 Å². The van der Waals surface area contributed by atoms with Gasteiger partial charge in [0, 0.05) is 13.6 Å². The van der Waals surface area contributed by atoms with Crippen LogP contribution in [0.3, 0.4) is 0 Å². The lowest BCUT2D eigenvalue weighted by atomic mass is 10.1. The van der Waals surface area contributed by atoms with Crippen molar-refractivity contribution in [1.82, 2.24) is 4.31 Å². The second-order valence-electron chi connectivity index (χ2n) is 5.70. The summed E-state index contributed by atoms with van der Waals surface area (Å²) in [5.41, 5.74) is 2.24. The van der Waals surface area contributed by atoms with Gasteiger partial charge in [-0.1, -0.05) is 12.1 Å². The molecule has 0 aliphatic rings. The van der Waals surface area contributed by atoms with Crippen molar-refractivity contribution >= 4 is 10.0 Å². The number of hydrogen-bond acceptors (Lipinski definition) is 4. The molecule has 0 heterocycles. The molecule has 0 unspecified atom stereocenters. The summed E-state index contributed by atoms with van der Waals surface area (Å²) in [6.07, 6.45) is 0. The van der Waals surface area contributed by atoms with Crippen molar-refractivity contribution in [2.45, 2.75) is 25.3 Å². The third kappa shape index (κ3) is 3.71. The molecule has 0 aliphatic carbocycles. The predicted molar refractivity (Wildman–Crippen MR) is 94.1 cm³/mol. The number of rotatable bonds is 6. The molecule has 6 heteroatoms. The highest BCUT2D eigenvalue weighted by Crippen LogP contribution is 2.28. The predicted octanol–water partition coefficient (Wildman–Crippen LogP) is 3.14. The summed E-state index contributed by atoms with van der Waals surface area (Å²) >= 11 is 0. The second-order valence-corrected chi connectivity index (χ2v) is 7.68. The third-order valence-electron chi connectivity index (χ3n) is 3.90. The molecule has 0 amide bonds. The zero-order chi connectivity index (χ0) is 17.9. The van der Waals surface area contributed by atoms with Crippen molar-refractivity contribution < 1.29 is 17.9 Å². The summed E-state index contributed by atoms with van der Waals surface area (Å²) in [7, 11) is 1.16. The summed E-state index contributed by atoms with van der Waals surface area (Å²) < 4.78 is 37.6. The van der Waals surface area contributed by atoms with Gasteiger partial charge in [0.05, 0.1) is 19.1 Å². The Bertz CT molecular complexity index is 790. The summed E-state index contributed by atoms with van der Waals surface area (Å²) in [5, 5.41) is 0. The first-order chi connectivity index (χ1) is 11.3. The molecule has 0 fully saturated rings. The van der Waals surface area contributed by atoms with E-state index in [0.29, 0.717) is 21.8 Å². The number of benzene rings is 2. The van der Waals surface area contributed by atoms with E-state index in [1.54, 1.807) is 47.2 Å². The molecular formula is C18H23NO4S. The van der Waals surface area contributed by atoms with Crippen LogP contribution in [0.5, 0.6) is 11.5 Å². The minimum absolute atomic E-state index is 0.289. The number of methoxy groups -OCH3 is 2. The molecule has 0 spiro atoms. The van der Waals surface area contributed by atoms with Crippen LogP contribution in [0.15, 0.2) is 41.3 Å². The maximum Gasteiger partial charge on any atom is 0.243 e. The normalized spacial score (nSPS) is 11.6. The Balaban J connectivity index is 2.32. The average Bonchev–Trinajstić information content (AvgIpc) is 2.54. The molecular weight excluding hydrogens is 326 g/mol. The van der Waals surface area contributed by atoms with E-state index < -0.39 is 10.0 Å². The Kier molecular flexibility index (Phi) is 5.51. The van der Waals surface area contributed by atoms with Crippen LogP contribution >= 0.6 is 0 Å². The van der Waals surface area contributed by atoms with E-state index in [0.717, 1.165) is 11.3 Å². The minimum atomic E-state index is -3.59. The number of nitrogens with zero attached hydrogens (tertiary/aromatic N) is 1. The van der Waals surface area contributed by atoms with Crippen LogP contribution in [-0.4, -0.2) is 34.0 Å². The lowest BCUT2D eigenvalue weighted by Gasteiger charge is -2.21. The Morgan fingerprint density at radius 1 is 0.917 bits per heavy atom. The van der Waals surface area contributed by atoms with E-state index in [1.807, 2.05) is 24.3 Å². The summed E-state index contributed by atoms with van der Waals surface area (Å²) in [6, 6.07) is 10.8. The first-order valence-corrected chi connectivity index (χ1v) is 8.98. The van der Waals surface area contributed by atoms with Gasteiger partial charge in [0.1, 0.15) is 11.5 Å². The maximum absolute atomic E-state index is 13.0. The molecule has 0 N–H and O–H groups in total. The van der Waals surface area contributed by atoms with Gasteiger partial charge in [-0.15, -0.1) is 0 Å². The smallest absolute Gasteiger partial charge is 0.243 e. The molecule has 0 saturated heterocycles. The molecule has 2 aromatic carbocycles. The van der Waals surface area contributed by atoms with E-state index in [9.17, 15) is 8.42 Å². The topological polar surface area (TPSA) is 55.8 Å². The lowest BCUT2D eigenvalue weighted by molar-refractivity contribution is 0.413. The Hall–Kier alpha value is -2.05. The first-order valence-electron chi connectivity index (χ1n) is 7.54. The van der Waals surface area contributed by atoms with Crippen molar-refractivity contribution in [3.05, 3.63) is 53.1 Å². The van der Waals surface area contributed by atoms with Gasteiger partial charge < -0.3 is 9.47 Å². The first kappa shape index (κ1) is 18.3. The molecule has 0 saturated carbocycles. The third-order valence-corrected chi connectivity index (χ3v) is 6.01. The number of aryl methyl sites for hydroxylation is 2. The zero-order valence-corrected chi connectivity index (χ0v) is 15.5. The summed E-state index contributed by atoms with van der Waals surface area (Å²) in [6.45, 7) is 3.85.